The van der Waals surface area contributed by atoms with Crippen LogP contribution in [-0.2, 0) is 0 Å². The number of hydrogen-bond acceptors (Lipinski definition) is 5. The molecule has 5 nitrogen and oxygen atoms in total. The van der Waals surface area contributed by atoms with Crippen molar-refractivity contribution in [1.82, 2.24) is 15.3 Å². The molecule has 2 heterocycles. The molecule has 1 aliphatic rings. The Morgan fingerprint density at radius 3 is 2.69 bits per heavy atom. The molecule has 0 aliphatic carbocycles. The molecule has 16 heavy (non-hydrogen) atoms. The summed E-state index contributed by atoms with van der Waals surface area (Å²) in [4.78, 5) is 10.4. The average Bonchev–Trinajstić information content (AvgIpc) is 2.38. The minimum Gasteiger partial charge on any atom is -0.450 e. The normalized spacial score (nSPS) is 15.6. The Morgan fingerprint density at radius 2 is 2.06 bits per heavy atom. The highest BCUT2D eigenvalue weighted by molar-refractivity contribution is 5.42. The number of terminal acetylenes is 1. The van der Waals surface area contributed by atoms with Crippen molar-refractivity contribution in [2.24, 2.45) is 0 Å². The number of hydrogen-bond donors (Lipinski definition) is 1. The van der Waals surface area contributed by atoms with Crippen LogP contribution in [-0.4, -0.2) is 42.8 Å². The molecule has 0 bridgehead atoms. The van der Waals surface area contributed by atoms with Crippen LogP contribution in [0.3, 0.4) is 0 Å². The number of aromatic nitrogens is 2. The Balaban J connectivity index is 1.98. The molecule has 1 fully saturated rings. The second-order valence-electron chi connectivity index (χ2n) is 3.45. The first-order chi connectivity index (χ1) is 7.90. The van der Waals surface area contributed by atoms with Gasteiger partial charge in [0.05, 0.1) is 18.1 Å². The summed E-state index contributed by atoms with van der Waals surface area (Å²) >= 11 is 0. The van der Waals surface area contributed by atoms with E-state index in [1.807, 2.05) is 0 Å². The summed E-state index contributed by atoms with van der Waals surface area (Å²) in [5.41, 5.74) is 1.02. The van der Waals surface area contributed by atoms with Gasteiger partial charge in [-0.05, 0) is 0 Å². The predicted molar refractivity (Wildman–Crippen MR) is 61.4 cm³/mol. The van der Waals surface area contributed by atoms with E-state index < -0.39 is 0 Å². The highest BCUT2D eigenvalue weighted by Gasteiger charge is 2.11. The minimum atomic E-state index is 0.201. The summed E-state index contributed by atoms with van der Waals surface area (Å²) in [6, 6.07) is 0.330. The molecule has 1 aromatic heterocycles. The Hall–Kier alpha value is -1.80. The number of piperazine rings is 1. The van der Waals surface area contributed by atoms with E-state index in [4.69, 9.17) is 11.2 Å². The minimum absolute atomic E-state index is 0.201. The Morgan fingerprint density at radius 1 is 1.38 bits per heavy atom. The maximum absolute atomic E-state index is 5.11. The van der Waals surface area contributed by atoms with Gasteiger partial charge in [-0.3, -0.25) is 0 Å². The molecule has 1 N–H and O–H groups in total. The van der Waals surface area contributed by atoms with E-state index in [-0.39, 0.29) is 6.61 Å². The van der Waals surface area contributed by atoms with Crippen LogP contribution in [0.1, 0.15) is 0 Å². The van der Waals surface area contributed by atoms with Crippen molar-refractivity contribution in [2.45, 2.75) is 0 Å². The Bertz CT molecular complexity index is 365. The average molecular weight is 218 g/mol. The van der Waals surface area contributed by atoms with Crippen LogP contribution in [0.2, 0.25) is 0 Å². The summed E-state index contributed by atoms with van der Waals surface area (Å²) in [5.74, 6) is 2.37. The lowest BCUT2D eigenvalue weighted by atomic mass is 10.3. The SMILES string of the molecule is C#CCOc1ncc(N2CCNCC2)cn1. The van der Waals surface area contributed by atoms with E-state index in [1.54, 1.807) is 12.4 Å². The van der Waals surface area contributed by atoms with Gasteiger partial charge in [0.25, 0.3) is 0 Å². The van der Waals surface area contributed by atoms with Gasteiger partial charge in [0.1, 0.15) is 0 Å². The molecular weight excluding hydrogens is 204 g/mol. The predicted octanol–water partition coefficient (Wildman–Crippen LogP) is -0.102. The van der Waals surface area contributed by atoms with Crippen molar-refractivity contribution in [2.75, 3.05) is 37.7 Å². The zero-order chi connectivity index (χ0) is 11.2. The largest absolute Gasteiger partial charge is 0.450 e. The molecular formula is C11H14N4O. The van der Waals surface area contributed by atoms with Crippen LogP contribution in [0.15, 0.2) is 12.4 Å². The van der Waals surface area contributed by atoms with Crippen LogP contribution in [0, 0.1) is 12.3 Å². The van der Waals surface area contributed by atoms with Gasteiger partial charge in [0, 0.05) is 26.2 Å². The molecule has 2 rings (SSSR count). The molecule has 0 saturated carbocycles. The molecule has 0 spiro atoms. The molecule has 0 amide bonds. The summed E-state index contributed by atoms with van der Waals surface area (Å²) in [6.45, 7) is 4.15. The second kappa shape index (κ2) is 5.33. The third-order valence-electron chi connectivity index (χ3n) is 2.38. The molecule has 0 aromatic carbocycles. The van der Waals surface area contributed by atoms with Crippen molar-refractivity contribution >= 4 is 5.69 Å². The second-order valence-corrected chi connectivity index (χ2v) is 3.45. The smallest absolute Gasteiger partial charge is 0.317 e. The molecule has 1 aliphatic heterocycles. The highest BCUT2D eigenvalue weighted by Crippen LogP contribution is 2.13. The standard InChI is InChI=1S/C11H14N4O/c1-2-7-16-11-13-8-10(9-14-11)15-5-3-12-4-6-15/h1,8-9,12H,3-7H2. The maximum atomic E-state index is 5.11. The topological polar surface area (TPSA) is 50.3 Å². The molecule has 0 unspecified atom stereocenters. The zero-order valence-corrected chi connectivity index (χ0v) is 9.02. The van der Waals surface area contributed by atoms with Gasteiger partial charge in [0.15, 0.2) is 6.61 Å². The van der Waals surface area contributed by atoms with E-state index in [0.717, 1.165) is 31.9 Å². The fraction of sp³-hybridized carbons (Fsp3) is 0.455. The maximum Gasteiger partial charge on any atom is 0.317 e. The van der Waals surface area contributed by atoms with Gasteiger partial charge in [-0.2, -0.15) is 0 Å². The fourth-order valence-corrected chi connectivity index (χ4v) is 1.58. The monoisotopic (exact) mass is 218 g/mol. The third kappa shape index (κ3) is 2.61. The van der Waals surface area contributed by atoms with Crippen molar-refractivity contribution in [3.05, 3.63) is 12.4 Å². The lowest BCUT2D eigenvalue weighted by Gasteiger charge is -2.28. The Labute approximate surface area is 94.8 Å². The van der Waals surface area contributed by atoms with Crippen LogP contribution in [0.5, 0.6) is 6.01 Å². The first-order valence-corrected chi connectivity index (χ1v) is 5.24. The molecule has 5 heteroatoms. The summed E-state index contributed by atoms with van der Waals surface area (Å²) in [6.07, 6.45) is 8.61. The lowest BCUT2D eigenvalue weighted by Crippen LogP contribution is -2.43. The van der Waals surface area contributed by atoms with E-state index in [1.165, 1.54) is 0 Å². The number of rotatable bonds is 3. The van der Waals surface area contributed by atoms with Crippen LogP contribution in [0.4, 0.5) is 5.69 Å². The van der Waals surface area contributed by atoms with Gasteiger partial charge in [-0.25, -0.2) is 9.97 Å². The number of nitrogens with one attached hydrogen (secondary N) is 1. The van der Waals surface area contributed by atoms with Gasteiger partial charge in [-0.1, -0.05) is 5.92 Å². The van der Waals surface area contributed by atoms with Gasteiger partial charge in [0.2, 0.25) is 0 Å². The lowest BCUT2D eigenvalue weighted by molar-refractivity contribution is 0.339. The number of anilines is 1. The van der Waals surface area contributed by atoms with Crippen molar-refractivity contribution < 1.29 is 4.74 Å². The van der Waals surface area contributed by atoms with E-state index >= 15 is 0 Å². The fourth-order valence-electron chi connectivity index (χ4n) is 1.58. The van der Waals surface area contributed by atoms with Crippen LogP contribution >= 0.6 is 0 Å². The van der Waals surface area contributed by atoms with Crippen molar-refractivity contribution in [3.63, 3.8) is 0 Å². The number of ether oxygens (including phenoxy) is 1. The molecule has 1 aromatic rings. The van der Waals surface area contributed by atoms with E-state index in [0.29, 0.717) is 6.01 Å². The first-order valence-electron chi connectivity index (χ1n) is 5.24. The third-order valence-corrected chi connectivity index (χ3v) is 2.38. The van der Waals surface area contributed by atoms with Gasteiger partial charge >= 0.3 is 6.01 Å². The van der Waals surface area contributed by atoms with Crippen LogP contribution < -0.4 is 15.0 Å². The van der Waals surface area contributed by atoms with Crippen molar-refractivity contribution in [1.29, 1.82) is 0 Å². The van der Waals surface area contributed by atoms with E-state index in [2.05, 4.69) is 26.1 Å². The van der Waals surface area contributed by atoms with Crippen molar-refractivity contribution in [3.8, 4) is 18.4 Å². The molecule has 84 valence electrons. The summed E-state index contributed by atoms with van der Waals surface area (Å²) in [7, 11) is 0. The molecule has 1 saturated heterocycles. The van der Waals surface area contributed by atoms with Crippen LogP contribution in [0.25, 0.3) is 0 Å². The van der Waals surface area contributed by atoms with Gasteiger partial charge < -0.3 is 15.0 Å². The van der Waals surface area contributed by atoms with Gasteiger partial charge in [-0.15, -0.1) is 6.42 Å². The highest BCUT2D eigenvalue weighted by atomic mass is 16.5. The van der Waals surface area contributed by atoms with E-state index in [9.17, 15) is 0 Å². The zero-order valence-electron chi connectivity index (χ0n) is 9.02. The molecule has 0 radical (unpaired) electrons. The molecule has 0 atom stereocenters. The Kier molecular flexibility index (Phi) is 3.57. The number of nitrogens with zero attached hydrogens (tertiary/aromatic N) is 3. The summed E-state index contributed by atoms with van der Waals surface area (Å²) in [5, 5.41) is 3.29. The quantitative estimate of drug-likeness (QED) is 0.718. The summed E-state index contributed by atoms with van der Waals surface area (Å²) < 4.78 is 5.11. The first kappa shape index (κ1) is 10.7.